The molecule has 1 aromatic heterocycles. The molecule has 1 rings (SSSR count). The minimum atomic E-state index is -4.92. The molecule has 0 aliphatic rings. The van der Waals surface area contributed by atoms with E-state index < -0.39 is 25.9 Å². The van der Waals surface area contributed by atoms with Crippen molar-refractivity contribution in [1.29, 1.82) is 0 Å². The Bertz CT molecular complexity index is 629. The second-order valence-corrected chi connectivity index (χ2v) is 7.07. The number of rotatable bonds is 7. The van der Waals surface area contributed by atoms with Gasteiger partial charge in [0.05, 0.1) is 6.54 Å². The van der Waals surface area contributed by atoms with Crippen molar-refractivity contribution < 1.29 is 35.1 Å². The Morgan fingerprint density at radius 1 is 1.18 bits per heavy atom. The maximum Gasteiger partial charge on any atom is 0.307 e. The minimum absolute atomic E-state index is 0.418. The number of unbranched alkanes of at least 4 members (excludes halogenated alkanes) is 1. The summed E-state index contributed by atoms with van der Waals surface area (Å²) < 4.78 is 68.1. The Kier molecular flexibility index (Phi) is 8.78. The van der Waals surface area contributed by atoms with E-state index in [9.17, 15) is 13.0 Å². The van der Waals surface area contributed by atoms with Crippen molar-refractivity contribution in [2.45, 2.75) is 51.4 Å². The molecule has 0 aromatic carbocycles. The van der Waals surface area contributed by atoms with Gasteiger partial charge in [0.1, 0.15) is 12.4 Å². The average molecular weight is 358 g/mol. The smallest absolute Gasteiger partial charge is 0.307 e. The largest absolute Gasteiger partial charge is 0.726 e. The molecule has 1 aromatic rings. The highest BCUT2D eigenvalue weighted by molar-refractivity contribution is 7.85. The molecule has 0 aliphatic heterocycles. The van der Waals surface area contributed by atoms with E-state index in [1.807, 2.05) is 17.7 Å². The van der Waals surface area contributed by atoms with Gasteiger partial charge in [-0.1, -0.05) is 26.7 Å². The van der Waals surface area contributed by atoms with Crippen molar-refractivity contribution >= 4 is 20.5 Å². The lowest BCUT2D eigenvalue weighted by molar-refractivity contribution is -0.696. The van der Waals surface area contributed by atoms with Crippen LogP contribution in [0.25, 0.3) is 0 Å². The van der Waals surface area contributed by atoms with Crippen LogP contribution in [0.4, 0.5) is 0 Å². The molecule has 0 spiro atoms. The first kappa shape index (κ1) is 21.0. The third kappa shape index (κ3) is 9.84. The van der Waals surface area contributed by atoms with E-state index in [4.69, 9.17) is 17.5 Å². The number of aryl methyl sites for hydroxylation is 1. The second-order valence-electron chi connectivity index (χ2n) is 4.64. The van der Waals surface area contributed by atoms with E-state index in [0.717, 1.165) is 19.4 Å². The molecule has 0 fully saturated rings. The number of hydrogen-bond acceptors (Lipinski definition) is 5. The van der Waals surface area contributed by atoms with Crippen LogP contribution in [0.2, 0.25) is 0 Å². The van der Waals surface area contributed by atoms with Gasteiger partial charge >= 0.3 is 10.1 Å². The molecule has 130 valence electrons. The van der Waals surface area contributed by atoms with Gasteiger partial charge in [-0.05, 0) is 6.42 Å². The molecule has 0 bridgehead atoms. The zero-order valence-corrected chi connectivity index (χ0v) is 14.1. The topological polar surface area (TPSA) is 141 Å². The lowest BCUT2D eigenvalue weighted by atomic mass is 10.3. The Balaban J connectivity index is 0.000000763. The van der Waals surface area contributed by atoms with Crippen LogP contribution in [-0.2, 0) is 27.1 Å². The number of aromatic nitrogens is 2. The fourth-order valence-corrected chi connectivity index (χ4v) is 2.72. The molecule has 0 radical (unpaired) electrons. The first-order chi connectivity index (χ1) is 9.99. The zero-order chi connectivity index (χ0) is 17.4. The van der Waals surface area contributed by atoms with E-state index in [1.165, 1.54) is 0 Å². The van der Waals surface area contributed by atoms with Crippen molar-refractivity contribution in [1.82, 2.24) is 4.57 Å². The lowest BCUT2D eigenvalue weighted by Gasteiger charge is -2.08. The Hall–Kier alpha value is -1.01. The van der Waals surface area contributed by atoms with Crippen LogP contribution < -0.4 is 4.57 Å². The van der Waals surface area contributed by atoms with Crippen molar-refractivity contribution in [3.05, 3.63) is 18.7 Å². The maximum atomic E-state index is 11.3. The fraction of sp³-hybridized carbons (Fsp3) is 0.727. The SMILES string of the molecule is CCCC[n+]1ccn(C(CCC)S(=O)(=O)O)c1.O=S(=O)([O-])O. The van der Waals surface area contributed by atoms with E-state index in [1.54, 1.807) is 17.1 Å². The van der Waals surface area contributed by atoms with Crippen LogP contribution in [0.15, 0.2) is 18.7 Å². The first-order valence-corrected chi connectivity index (χ1v) is 9.57. The highest BCUT2D eigenvalue weighted by atomic mass is 32.3. The van der Waals surface area contributed by atoms with Gasteiger partial charge in [-0.2, -0.15) is 8.42 Å². The number of hydrogen-bond donors (Lipinski definition) is 2. The van der Waals surface area contributed by atoms with Crippen LogP contribution in [-0.4, -0.2) is 35.1 Å². The molecule has 22 heavy (non-hydrogen) atoms. The summed E-state index contributed by atoms with van der Waals surface area (Å²) in [6.07, 6.45) is 8.55. The number of imidazole rings is 1. The molecular weight excluding hydrogens is 336 g/mol. The summed E-state index contributed by atoms with van der Waals surface area (Å²) in [5.41, 5.74) is 0. The van der Waals surface area contributed by atoms with E-state index in [0.29, 0.717) is 12.8 Å². The van der Waals surface area contributed by atoms with Crippen LogP contribution in [0.1, 0.15) is 44.9 Å². The summed E-state index contributed by atoms with van der Waals surface area (Å²) in [6.45, 7) is 4.87. The van der Waals surface area contributed by atoms with Gasteiger partial charge < -0.3 is 4.55 Å². The third-order valence-corrected chi connectivity index (χ3v) is 3.86. The molecule has 0 saturated carbocycles. The van der Waals surface area contributed by atoms with Crippen LogP contribution >= 0.6 is 0 Å². The molecule has 0 aliphatic carbocycles. The lowest BCUT2D eigenvalue weighted by Crippen LogP contribution is -2.31. The molecule has 2 N–H and O–H groups in total. The summed E-state index contributed by atoms with van der Waals surface area (Å²) >= 11 is 0. The Labute approximate surface area is 130 Å². The third-order valence-electron chi connectivity index (χ3n) is 2.69. The van der Waals surface area contributed by atoms with Crippen LogP contribution in [0.3, 0.4) is 0 Å². The van der Waals surface area contributed by atoms with Crippen LogP contribution in [0.5, 0.6) is 0 Å². The molecule has 1 atom stereocenters. The average Bonchev–Trinajstić information content (AvgIpc) is 2.78. The van der Waals surface area contributed by atoms with Crippen LogP contribution in [0, 0.1) is 0 Å². The summed E-state index contributed by atoms with van der Waals surface area (Å²) in [5.74, 6) is 0. The Morgan fingerprint density at radius 2 is 1.73 bits per heavy atom. The van der Waals surface area contributed by atoms with Gasteiger partial charge in [0.15, 0.2) is 0 Å². The summed E-state index contributed by atoms with van der Waals surface area (Å²) in [7, 11) is -8.95. The highest BCUT2D eigenvalue weighted by Gasteiger charge is 2.28. The molecule has 0 amide bonds. The van der Waals surface area contributed by atoms with Gasteiger partial charge in [0.25, 0.3) is 0 Å². The predicted molar refractivity (Wildman–Crippen MR) is 77.4 cm³/mol. The van der Waals surface area contributed by atoms with Crippen molar-refractivity contribution in [3.8, 4) is 0 Å². The molecule has 11 heteroatoms. The summed E-state index contributed by atoms with van der Waals surface area (Å²) in [6, 6.07) is 0. The van der Waals surface area contributed by atoms with Crippen molar-refractivity contribution in [2.24, 2.45) is 0 Å². The van der Waals surface area contributed by atoms with Gasteiger partial charge in [-0.15, -0.1) is 0 Å². The molecule has 0 saturated heterocycles. The zero-order valence-electron chi connectivity index (χ0n) is 12.5. The van der Waals surface area contributed by atoms with Gasteiger partial charge in [0, 0.05) is 6.42 Å². The summed E-state index contributed by atoms with van der Waals surface area (Å²) in [5, 5.41) is -0.865. The first-order valence-electron chi connectivity index (χ1n) is 6.70. The van der Waals surface area contributed by atoms with Crippen molar-refractivity contribution in [3.63, 3.8) is 0 Å². The molecular formula is C11H22N2O7S2. The normalized spacial score (nSPS) is 13.3. The quantitative estimate of drug-likeness (QED) is 0.416. The monoisotopic (exact) mass is 358 g/mol. The van der Waals surface area contributed by atoms with Gasteiger partial charge in [0.2, 0.25) is 22.1 Å². The maximum absolute atomic E-state index is 11.3. The predicted octanol–water partition coefficient (Wildman–Crippen LogP) is 0.767. The molecule has 9 nitrogen and oxygen atoms in total. The Morgan fingerprint density at radius 3 is 2.14 bits per heavy atom. The van der Waals surface area contributed by atoms with E-state index >= 15 is 0 Å². The fourth-order valence-electron chi connectivity index (χ4n) is 1.75. The highest BCUT2D eigenvalue weighted by Crippen LogP contribution is 2.18. The number of nitrogens with zero attached hydrogens (tertiary/aromatic N) is 2. The van der Waals surface area contributed by atoms with Gasteiger partial charge in [-0.3, -0.25) is 9.11 Å². The standard InChI is InChI=1S/C11H20N2O3S.H2O4S/c1-3-5-7-12-8-9-13(10-12)11(6-4-2)17(14,15)16;1-5(2,3)4/h8-11H,3-7H2,1-2H3;(H2,1,2,3,4). The minimum Gasteiger partial charge on any atom is -0.726 e. The van der Waals surface area contributed by atoms with Crippen molar-refractivity contribution in [2.75, 3.05) is 0 Å². The molecule has 1 unspecified atom stereocenters. The van der Waals surface area contributed by atoms with E-state index in [2.05, 4.69) is 6.92 Å². The van der Waals surface area contributed by atoms with Gasteiger partial charge in [-0.25, -0.2) is 17.6 Å². The summed E-state index contributed by atoms with van der Waals surface area (Å²) in [4.78, 5) is 0. The second kappa shape index (κ2) is 9.20. The molecule has 1 heterocycles. The van der Waals surface area contributed by atoms with E-state index in [-0.39, 0.29) is 0 Å².